The third-order valence-electron chi connectivity index (χ3n) is 2.16. The van der Waals surface area contributed by atoms with Crippen molar-refractivity contribution < 1.29 is 0 Å². The van der Waals surface area contributed by atoms with Gasteiger partial charge in [-0.3, -0.25) is 0 Å². The molecule has 2 fully saturated rings. The highest BCUT2D eigenvalue weighted by atomic mass is 15.0. The summed E-state index contributed by atoms with van der Waals surface area (Å²) >= 11 is 0. The van der Waals surface area contributed by atoms with Gasteiger partial charge in [0, 0.05) is 6.04 Å². The number of nitrogens with two attached hydrogens (primary N) is 1. The first-order valence-electron chi connectivity index (χ1n) is 2.86. The average molecular weight is 98.1 g/mol. The van der Waals surface area contributed by atoms with Crippen molar-refractivity contribution in [1.29, 1.82) is 0 Å². The molecule has 0 radical (unpaired) electrons. The van der Waals surface area contributed by atoms with Crippen molar-refractivity contribution in [1.82, 2.24) is 5.32 Å². The smallest absolute Gasteiger partial charge is 0.0127 e. The SMILES string of the molecule is N[C@H]1C2CNC[C@@H]21. The van der Waals surface area contributed by atoms with E-state index in [1.54, 1.807) is 0 Å². The molecule has 0 aromatic carbocycles. The summed E-state index contributed by atoms with van der Waals surface area (Å²) in [6.07, 6.45) is 0. The Labute approximate surface area is 43.1 Å². The molecule has 2 heteroatoms. The minimum Gasteiger partial charge on any atom is -0.327 e. The van der Waals surface area contributed by atoms with Crippen LogP contribution in [0.2, 0.25) is 0 Å². The molecule has 1 heterocycles. The monoisotopic (exact) mass is 98.1 g/mol. The van der Waals surface area contributed by atoms with Crippen molar-refractivity contribution in [2.45, 2.75) is 6.04 Å². The number of piperidine rings is 1. The van der Waals surface area contributed by atoms with E-state index in [2.05, 4.69) is 5.32 Å². The largest absolute Gasteiger partial charge is 0.327 e. The molecule has 40 valence electrons. The molecule has 0 bridgehead atoms. The van der Waals surface area contributed by atoms with Crippen molar-refractivity contribution in [3.05, 3.63) is 0 Å². The summed E-state index contributed by atoms with van der Waals surface area (Å²) in [4.78, 5) is 0. The second-order valence-corrected chi connectivity index (χ2v) is 2.56. The first-order chi connectivity index (χ1) is 3.39. The quantitative estimate of drug-likeness (QED) is 0.414. The molecular weight excluding hydrogens is 88.1 g/mol. The summed E-state index contributed by atoms with van der Waals surface area (Å²) in [5, 5.41) is 3.27. The fourth-order valence-electron chi connectivity index (χ4n) is 1.47. The third-order valence-corrected chi connectivity index (χ3v) is 2.16. The standard InChI is InChI=1S/C5H10N2/c6-5-3-1-7-2-4(3)5/h3-5,7H,1-2,6H2/t3-,4?,5+/m0/s1. The van der Waals surface area contributed by atoms with Crippen molar-refractivity contribution in [2.24, 2.45) is 17.6 Å². The second kappa shape index (κ2) is 1.01. The molecule has 2 rings (SSSR count). The third kappa shape index (κ3) is 0.359. The second-order valence-electron chi connectivity index (χ2n) is 2.56. The van der Waals surface area contributed by atoms with Crippen LogP contribution in [0.25, 0.3) is 0 Å². The minimum absolute atomic E-state index is 0.557. The van der Waals surface area contributed by atoms with Gasteiger partial charge in [0.15, 0.2) is 0 Å². The Kier molecular flexibility index (Phi) is 0.557. The average Bonchev–Trinajstić information content (AvgIpc) is 2.26. The van der Waals surface area contributed by atoms with Crippen molar-refractivity contribution in [2.75, 3.05) is 13.1 Å². The van der Waals surface area contributed by atoms with Gasteiger partial charge in [-0.15, -0.1) is 0 Å². The zero-order chi connectivity index (χ0) is 4.85. The van der Waals surface area contributed by atoms with Crippen molar-refractivity contribution in [3.8, 4) is 0 Å². The Morgan fingerprint density at radius 1 is 1.29 bits per heavy atom. The molecule has 1 aliphatic heterocycles. The molecule has 2 nitrogen and oxygen atoms in total. The zero-order valence-corrected chi connectivity index (χ0v) is 4.22. The molecule has 2 aliphatic rings. The van der Waals surface area contributed by atoms with Crippen LogP contribution >= 0.6 is 0 Å². The highest BCUT2D eigenvalue weighted by Gasteiger charge is 2.50. The highest BCUT2D eigenvalue weighted by molar-refractivity contribution is 5.07. The Morgan fingerprint density at radius 2 is 1.86 bits per heavy atom. The van der Waals surface area contributed by atoms with Crippen molar-refractivity contribution in [3.63, 3.8) is 0 Å². The predicted molar refractivity (Wildman–Crippen MR) is 27.8 cm³/mol. The minimum atomic E-state index is 0.557. The van der Waals surface area contributed by atoms with Crippen LogP contribution in [0.5, 0.6) is 0 Å². The highest BCUT2D eigenvalue weighted by Crippen LogP contribution is 2.39. The van der Waals surface area contributed by atoms with Gasteiger partial charge in [0.05, 0.1) is 0 Å². The summed E-state index contributed by atoms with van der Waals surface area (Å²) in [6, 6.07) is 0.557. The van der Waals surface area contributed by atoms with Gasteiger partial charge in [-0.2, -0.15) is 0 Å². The fourth-order valence-corrected chi connectivity index (χ4v) is 1.47. The normalized spacial score (nSPS) is 57.0. The predicted octanol–water partition coefficient (Wildman–Crippen LogP) is -0.837. The van der Waals surface area contributed by atoms with Crippen LogP contribution in [0.3, 0.4) is 0 Å². The van der Waals surface area contributed by atoms with Crippen molar-refractivity contribution >= 4 is 0 Å². The number of rotatable bonds is 0. The van der Waals surface area contributed by atoms with Crippen LogP contribution in [0.1, 0.15) is 0 Å². The Morgan fingerprint density at radius 3 is 2.14 bits per heavy atom. The molecule has 1 saturated heterocycles. The van der Waals surface area contributed by atoms with Gasteiger partial charge in [-0.1, -0.05) is 0 Å². The lowest BCUT2D eigenvalue weighted by molar-refractivity contribution is 0.677. The Balaban J connectivity index is 2.06. The molecular formula is C5H10N2. The Hall–Kier alpha value is -0.0800. The van der Waals surface area contributed by atoms with Gasteiger partial charge in [0.1, 0.15) is 0 Å². The number of hydrogen-bond donors (Lipinski definition) is 2. The first-order valence-corrected chi connectivity index (χ1v) is 2.86. The molecule has 1 saturated carbocycles. The molecule has 7 heavy (non-hydrogen) atoms. The molecule has 0 aromatic rings. The van der Waals surface area contributed by atoms with Crippen LogP contribution in [0, 0.1) is 11.8 Å². The van der Waals surface area contributed by atoms with Gasteiger partial charge in [-0.05, 0) is 24.9 Å². The Bertz CT molecular complexity index is 82.1. The van der Waals surface area contributed by atoms with Crippen LogP contribution < -0.4 is 11.1 Å². The zero-order valence-electron chi connectivity index (χ0n) is 4.22. The molecule has 0 spiro atoms. The lowest BCUT2D eigenvalue weighted by Crippen LogP contribution is -2.21. The van der Waals surface area contributed by atoms with Gasteiger partial charge < -0.3 is 11.1 Å². The molecule has 3 N–H and O–H groups in total. The fraction of sp³-hybridized carbons (Fsp3) is 1.00. The van der Waals surface area contributed by atoms with Gasteiger partial charge in [-0.25, -0.2) is 0 Å². The lowest BCUT2D eigenvalue weighted by atomic mass is 10.4. The molecule has 0 aromatic heterocycles. The van der Waals surface area contributed by atoms with Crippen LogP contribution in [-0.2, 0) is 0 Å². The van der Waals surface area contributed by atoms with E-state index in [0.717, 1.165) is 11.8 Å². The first kappa shape index (κ1) is 3.87. The molecule has 1 unspecified atom stereocenters. The van der Waals surface area contributed by atoms with E-state index in [4.69, 9.17) is 5.73 Å². The lowest BCUT2D eigenvalue weighted by Gasteiger charge is -1.94. The number of fused-ring (bicyclic) bond motifs is 1. The van der Waals surface area contributed by atoms with E-state index in [-0.39, 0.29) is 0 Å². The summed E-state index contributed by atoms with van der Waals surface area (Å²) in [6.45, 7) is 2.34. The maximum absolute atomic E-state index is 5.63. The molecule has 0 amide bonds. The summed E-state index contributed by atoms with van der Waals surface area (Å²) in [5.41, 5.74) is 5.63. The van der Waals surface area contributed by atoms with E-state index in [1.807, 2.05) is 0 Å². The van der Waals surface area contributed by atoms with Crippen LogP contribution in [0.15, 0.2) is 0 Å². The number of nitrogens with one attached hydrogen (secondary N) is 1. The maximum atomic E-state index is 5.63. The summed E-state index contributed by atoms with van der Waals surface area (Å²) in [5.74, 6) is 1.69. The van der Waals surface area contributed by atoms with E-state index < -0.39 is 0 Å². The van der Waals surface area contributed by atoms with Crippen LogP contribution in [-0.4, -0.2) is 19.1 Å². The van der Waals surface area contributed by atoms with E-state index in [9.17, 15) is 0 Å². The van der Waals surface area contributed by atoms with Crippen LogP contribution in [0.4, 0.5) is 0 Å². The van der Waals surface area contributed by atoms with Gasteiger partial charge in [0.2, 0.25) is 0 Å². The van der Waals surface area contributed by atoms with E-state index in [1.165, 1.54) is 13.1 Å². The topological polar surface area (TPSA) is 38.0 Å². The van der Waals surface area contributed by atoms with Gasteiger partial charge >= 0.3 is 0 Å². The molecule has 3 atom stereocenters. The number of hydrogen-bond acceptors (Lipinski definition) is 2. The summed E-state index contributed by atoms with van der Waals surface area (Å²) < 4.78 is 0. The maximum Gasteiger partial charge on any atom is 0.0127 e. The van der Waals surface area contributed by atoms with Gasteiger partial charge in [0.25, 0.3) is 0 Å². The van der Waals surface area contributed by atoms with E-state index in [0.29, 0.717) is 6.04 Å². The van der Waals surface area contributed by atoms with E-state index >= 15 is 0 Å². The molecule has 1 aliphatic carbocycles. The summed E-state index contributed by atoms with van der Waals surface area (Å²) in [7, 11) is 0.